The van der Waals surface area contributed by atoms with E-state index in [0.717, 1.165) is 42.1 Å². The number of aromatic nitrogens is 4. The van der Waals surface area contributed by atoms with Crippen molar-refractivity contribution in [3.63, 3.8) is 0 Å². The van der Waals surface area contributed by atoms with Crippen molar-refractivity contribution in [2.24, 2.45) is 0 Å². The smallest absolute Gasteiger partial charge is 0.223 e. The number of imidazole rings is 1. The minimum absolute atomic E-state index is 0.322. The number of nitrogens with zero attached hydrogens (tertiary/aromatic N) is 3. The number of aromatic amines is 1. The van der Waals surface area contributed by atoms with Crippen molar-refractivity contribution in [2.45, 2.75) is 52.0 Å². The van der Waals surface area contributed by atoms with E-state index >= 15 is 0 Å². The summed E-state index contributed by atoms with van der Waals surface area (Å²) in [5.74, 6) is 1.68. The highest BCUT2D eigenvalue weighted by Crippen LogP contribution is 2.39. The molecule has 0 saturated heterocycles. The molecule has 0 aromatic carbocycles. The van der Waals surface area contributed by atoms with Gasteiger partial charge in [0, 0.05) is 12.5 Å². The largest absolute Gasteiger partial charge is 0.339 e. The van der Waals surface area contributed by atoms with Crippen LogP contribution in [0.15, 0.2) is 0 Å². The molecule has 0 aliphatic heterocycles. The Morgan fingerprint density at radius 1 is 1.33 bits per heavy atom. The molecule has 1 fully saturated rings. The normalized spacial score (nSPS) is 15.4. The van der Waals surface area contributed by atoms with Gasteiger partial charge in [0.25, 0.3) is 0 Å². The van der Waals surface area contributed by atoms with Gasteiger partial charge in [-0.25, -0.2) is 9.97 Å². The van der Waals surface area contributed by atoms with Gasteiger partial charge in [-0.1, -0.05) is 13.3 Å². The van der Waals surface area contributed by atoms with E-state index in [4.69, 9.17) is 10.4 Å². The molecule has 5 nitrogen and oxygen atoms in total. The molecule has 1 saturated carbocycles. The van der Waals surface area contributed by atoms with E-state index in [9.17, 15) is 0 Å². The van der Waals surface area contributed by atoms with Crippen molar-refractivity contribution in [2.75, 3.05) is 0 Å². The second-order valence-electron chi connectivity index (χ2n) is 4.97. The summed E-state index contributed by atoms with van der Waals surface area (Å²) in [6, 6.07) is 0. The molecule has 2 heterocycles. The third kappa shape index (κ3) is 1.74. The van der Waals surface area contributed by atoms with Gasteiger partial charge < -0.3 is 4.98 Å². The first-order chi connectivity index (χ1) is 8.74. The van der Waals surface area contributed by atoms with E-state index in [-0.39, 0.29) is 0 Å². The second kappa shape index (κ2) is 4.23. The van der Waals surface area contributed by atoms with Crippen molar-refractivity contribution in [3.05, 3.63) is 17.1 Å². The van der Waals surface area contributed by atoms with Gasteiger partial charge in [0.15, 0.2) is 5.65 Å². The van der Waals surface area contributed by atoms with Gasteiger partial charge in [0.2, 0.25) is 5.62 Å². The van der Waals surface area contributed by atoms with Crippen molar-refractivity contribution in [1.82, 2.24) is 19.5 Å². The molecule has 1 aliphatic rings. The van der Waals surface area contributed by atoms with Crippen molar-refractivity contribution in [1.29, 1.82) is 5.41 Å². The molecule has 0 unspecified atom stereocenters. The third-order valence-electron chi connectivity index (χ3n) is 3.51. The van der Waals surface area contributed by atoms with E-state index < -0.39 is 0 Å². The van der Waals surface area contributed by atoms with E-state index in [0.29, 0.717) is 11.5 Å². The van der Waals surface area contributed by atoms with Crippen molar-refractivity contribution in [3.8, 4) is 0 Å². The maximum Gasteiger partial charge on any atom is 0.223 e. The number of fused-ring (bicyclic) bond motifs is 1. The molecule has 18 heavy (non-hydrogen) atoms. The Labute approximate surface area is 106 Å². The second-order valence-corrected chi connectivity index (χ2v) is 4.97. The van der Waals surface area contributed by atoms with E-state index in [1.807, 2.05) is 11.5 Å². The van der Waals surface area contributed by atoms with Crippen LogP contribution in [-0.4, -0.2) is 19.5 Å². The highest BCUT2D eigenvalue weighted by Gasteiger charge is 2.28. The van der Waals surface area contributed by atoms with Gasteiger partial charge in [0.05, 0.1) is 5.69 Å². The summed E-state index contributed by atoms with van der Waals surface area (Å²) < 4.78 is 1.87. The van der Waals surface area contributed by atoms with Crippen LogP contribution in [0.5, 0.6) is 0 Å². The maximum atomic E-state index is 8.00. The van der Waals surface area contributed by atoms with Crippen molar-refractivity contribution >= 4 is 11.2 Å². The van der Waals surface area contributed by atoms with E-state index in [1.165, 1.54) is 12.8 Å². The zero-order valence-electron chi connectivity index (χ0n) is 11.0. The van der Waals surface area contributed by atoms with Crippen LogP contribution < -0.4 is 5.62 Å². The SMILES string of the molecule is CCCc1nc(=N)n(CC)c2nc(C3CC3)[nH]c12. The minimum atomic E-state index is 0.322. The number of aryl methyl sites for hydroxylation is 2. The number of H-pyrrole nitrogens is 1. The Morgan fingerprint density at radius 2 is 2.11 bits per heavy atom. The van der Waals surface area contributed by atoms with Crippen LogP contribution in [0.1, 0.15) is 50.5 Å². The first-order valence-corrected chi connectivity index (χ1v) is 6.78. The lowest BCUT2D eigenvalue weighted by Crippen LogP contribution is -2.24. The molecule has 1 aliphatic carbocycles. The number of rotatable bonds is 4. The summed E-state index contributed by atoms with van der Waals surface area (Å²) in [6.07, 6.45) is 4.40. The Bertz CT molecular complexity index is 633. The fourth-order valence-corrected chi connectivity index (χ4v) is 2.39. The fraction of sp³-hybridized carbons (Fsp3) is 0.615. The quantitative estimate of drug-likeness (QED) is 0.865. The Balaban J connectivity index is 2.25. The molecule has 2 aromatic heterocycles. The molecule has 0 bridgehead atoms. The molecule has 0 radical (unpaired) electrons. The highest BCUT2D eigenvalue weighted by molar-refractivity contribution is 5.74. The number of hydrogen-bond acceptors (Lipinski definition) is 3. The summed E-state index contributed by atoms with van der Waals surface area (Å²) in [6.45, 7) is 4.91. The number of hydrogen-bond donors (Lipinski definition) is 2. The summed E-state index contributed by atoms with van der Waals surface area (Å²) in [5.41, 5.74) is 3.25. The van der Waals surface area contributed by atoms with Crippen LogP contribution in [-0.2, 0) is 13.0 Å². The van der Waals surface area contributed by atoms with Crippen LogP contribution in [0.2, 0.25) is 0 Å². The van der Waals surface area contributed by atoms with E-state index in [1.54, 1.807) is 0 Å². The standard InChI is InChI=1S/C13H19N5/c1-3-5-9-10-12(18(4-2)13(14)15-9)17-11(16-10)8-6-7-8/h8,14H,3-7H2,1-2H3,(H,16,17). The molecule has 5 heteroatoms. The Kier molecular flexibility index (Phi) is 2.69. The lowest BCUT2D eigenvalue weighted by atomic mass is 10.2. The van der Waals surface area contributed by atoms with Crippen molar-refractivity contribution < 1.29 is 0 Å². The predicted molar refractivity (Wildman–Crippen MR) is 69.4 cm³/mol. The summed E-state index contributed by atoms with van der Waals surface area (Å²) in [5, 5.41) is 8.00. The van der Waals surface area contributed by atoms with Gasteiger partial charge in [-0.2, -0.15) is 0 Å². The monoisotopic (exact) mass is 245 g/mol. The minimum Gasteiger partial charge on any atom is -0.339 e. The van der Waals surface area contributed by atoms with Gasteiger partial charge in [-0.15, -0.1) is 0 Å². The average Bonchev–Trinajstić information content (AvgIpc) is 3.10. The zero-order chi connectivity index (χ0) is 12.7. The lowest BCUT2D eigenvalue weighted by molar-refractivity contribution is 0.680. The molecule has 0 amide bonds. The predicted octanol–water partition coefficient (Wildman–Crippen LogP) is 2.09. The first kappa shape index (κ1) is 11.4. The average molecular weight is 245 g/mol. The van der Waals surface area contributed by atoms with Crippen LogP contribution in [0.3, 0.4) is 0 Å². The van der Waals surface area contributed by atoms with Gasteiger partial charge >= 0.3 is 0 Å². The lowest BCUT2D eigenvalue weighted by Gasteiger charge is -2.06. The van der Waals surface area contributed by atoms with Gasteiger partial charge in [0.1, 0.15) is 11.3 Å². The van der Waals surface area contributed by atoms with E-state index in [2.05, 4.69) is 16.9 Å². The molecular formula is C13H19N5. The summed E-state index contributed by atoms with van der Waals surface area (Å²) in [4.78, 5) is 12.5. The molecule has 3 rings (SSSR count). The van der Waals surface area contributed by atoms with Gasteiger partial charge in [-0.05, 0) is 26.2 Å². The number of nitrogens with one attached hydrogen (secondary N) is 2. The first-order valence-electron chi connectivity index (χ1n) is 6.78. The molecule has 96 valence electrons. The van der Waals surface area contributed by atoms with Crippen LogP contribution >= 0.6 is 0 Å². The molecule has 2 aromatic rings. The molecular weight excluding hydrogens is 226 g/mol. The topological polar surface area (TPSA) is 70.3 Å². The Morgan fingerprint density at radius 3 is 2.72 bits per heavy atom. The van der Waals surface area contributed by atoms with Crippen LogP contribution in [0, 0.1) is 5.41 Å². The molecule has 0 atom stereocenters. The third-order valence-corrected chi connectivity index (χ3v) is 3.51. The van der Waals surface area contributed by atoms with Crippen LogP contribution in [0.25, 0.3) is 11.2 Å². The Hall–Kier alpha value is -1.65. The van der Waals surface area contributed by atoms with Crippen LogP contribution in [0.4, 0.5) is 0 Å². The molecule has 0 spiro atoms. The maximum absolute atomic E-state index is 8.00. The fourth-order valence-electron chi connectivity index (χ4n) is 2.39. The van der Waals surface area contributed by atoms with Gasteiger partial charge in [-0.3, -0.25) is 9.98 Å². The highest BCUT2D eigenvalue weighted by atomic mass is 15.1. The zero-order valence-corrected chi connectivity index (χ0v) is 11.0. The molecule has 2 N–H and O–H groups in total. The summed E-state index contributed by atoms with van der Waals surface area (Å²) >= 11 is 0. The summed E-state index contributed by atoms with van der Waals surface area (Å²) in [7, 11) is 0.